The van der Waals surface area contributed by atoms with Crippen molar-refractivity contribution in [2.24, 2.45) is 0 Å². The summed E-state index contributed by atoms with van der Waals surface area (Å²) in [5.74, 6) is 0.403. The van der Waals surface area contributed by atoms with Crippen molar-refractivity contribution >= 4 is 17.5 Å². The Hall–Kier alpha value is -1.84. The molecule has 0 N–H and O–H groups in total. The Morgan fingerprint density at radius 3 is 2.18 bits per heavy atom. The molecule has 0 radical (unpaired) electrons. The number of rotatable bonds is 4. The third kappa shape index (κ3) is 4.09. The maximum atomic E-state index is 12.4. The molecule has 0 spiro atoms. The zero-order chi connectivity index (χ0) is 16.1. The number of likely N-dealkylation sites (tertiary alicyclic amines) is 1. The summed E-state index contributed by atoms with van der Waals surface area (Å²) < 4.78 is 0. The lowest BCUT2D eigenvalue weighted by Gasteiger charge is -2.29. The van der Waals surface area contributed by atoms with Crippen LogP contribution in [0.25, 0.3) is 0 Å². The van der Waals surface area contributed by atoms with E-state index in [-0.39, 0.29) is 18.4 Å². The number of carbonyl (C=O) groups is 2. The second kappa shape index (κ2) is 7.43. The smallest absolute Gasteiger partial charge is 0.242 e. The summed E-state index contributed by atoms with van der Waals surface area (Å²) in [4.78, 5) is 27.8. The first-order chi connectivity index (χ1) is 10.5. The van der Waals surface area contributed by atoms with Crippen LogP contribution in [0.5, 0.6) is 0 Å². The molecule has 0 unspecified atom stereocenters. The van der Waals surface area contributed by atoms with Gasteiger partial charge in [-0.2, -0.15) is 0 Å². The fourth-order valence-electron chi connectivity index (χ4n) is 2.80. The highest BCUT2D eigenvalue weighted by atomic mass is 16.2. The first-order valence-corrected chi connectivity index (χ1v) is 8.15. The summed E-state index contributed by atoms with van der Waals surface area (Å²) in [5.41, 5.74) is 2.02. The monoisotopic (exact) mass is 302 g/mol. The number of piperidine rings is 1. The number of amides is 2. The minimum absolute atomic E-state index is 0.0443. The van der Waals surface area contributed by atoms with Gasteiger partial charge >= 0.3 is 0 Å². The highest BCUT2D eigenvalue weighted by Gasteiger charge is 2.21. The predicted octanol–water partition coefficient (Wildman–Crippen LogP) is 3.18. The second-order valence-electron chi connectivity index (χ2n) is 6.29. The number of carbonyl (C=O) groups excluding carboxylic acids is 2. The van der Waals surface area contributed by atoms with Crippen LogP contribution in [0.1, 0.15) is 51.5 Å². The topological polar surface area (TPSA) is 40.6 Å². The molecule has 1 aliphatic rings. The minimum Gasteiger partial charge on any atom is -0.341 e. The lowest BCUT2D eigenvalue weighted by molar-refractivity contribution is -0.132. The average molecular weight is 302 g/mol. The van der Waals surface area contributed by atoms with E-state index in [0.717, 1.165) is 31.6 Å². The van der Waals surface area contributed by atoms with Crippen LogP contribution in [0.15, 0.2) is 24.3 Å². The molecule has 1 aromatic rings. The maximum absolute atomic E-state index is 12.4. The maximum Gasteiger partial charge on any atom is 0.242 e. The molecule has 0 saturated carbocycles. The molecule has 1 fully saturated rings. The van der Waals surface area contributed by atoms with Crippen molar-refractivity contribution in [3.05, 3.63) is 29.8 Å². The highest BCUT2D eigenvalue weighted by molar-refractivity contribution is 5.97. The molecule has 1 aromatic carbocycles. The third-order valence-corrected chi connectivity index (χ3v) is 4.25. The van der Waals surface area contributed by atoms with E-state index < -0.39 is 0 Å². The second-order valence-corrected chi connectivity index (χ2v) is 6.29. The lowest BCUT2D eigenvalue weighted by Crippen LogP contribution is -2.44. The molecule has 4 heteroatoms. The summed E-state index contributed by atoms with van der Waals surface area (Å²) in [7, 11) is 0. The molecule has 22 heavy (non-hydrogen) atoms. The van der Waals surface area contributed by atoms with Gasteiger partial charge in [-0.3, -0.25) is 9.59 Å². The Morgan fingerprint density at radius 2 is 1.68 bits per heavy atom. The largest absolute Gasteiger partial charge is 0.341 e. The Kier molecular flexibility index (Phi) is 5.58. The fraction of sp³-hybridized carbons (Fsp3) is 0.556. The van der Waals surface area contributed by atoms with Crippen molar-refractivity contribution in [3.8, 4) is 0 Å². The number of anilines is 1. The van der Waals surface area contributed by atoms with E-state index in [1.54, 1.807) is 4.90 Å². The number of benzene rings is 1. The van der Waals surface area contributed by atoms with Gasteiger partial charge in [-0.1, -0.05) is 26.0 Å². The van der Waals surface area contributed by atoms with Gasteiger partial charge in [0.1, 0.15) is 6.54 Å². The number of hydrogen-bond donors (Lipinski definition) is 0. The Balaban J connectivity index is 2.09. The fourth-order valence-corrected chi connectivity index (χ4v) is 2.80. The van der Waals surface area contributed by atoms with Gasteiger partial charge in [0.05, 0.1) is 0 Å². The van der Waals surface area contributed by atoms with E-state index in [4.69, 9.17) is 0 Å². The standard InChI is InChI=1S/C18H26N2O2/c1-14(2)16-7-9-17(10-8-16)20(15(3)21)13-18(22)19-11-5-4-6-12-19/h7-10,14H,4-6,11-13H2,1-3H3. The van der Waals surface area contributed by atoms with Gasteiger partial charge in [0, 0.05) is 25.7 Å². The number of hydrogen-bond acceptors (Lipinski definition) is 2. The molecule has 0 bridgehead atoms. The van der Waals surface area contributed by atoms with Gasteiger partial charge < -0.3 is 9.80 Å². The van der Waals surface area contributed by atoms with E-state index in [1.165, 1.54) is 18.9 Å². The van der Waals surface area contributed by atoms with Gasteiger partial charge in [-0.15, -0.1) is 0 Å². The van der Waals surface area contributed by atoms with Crippen LogP contribution in [0.4, 0.5) is 5.69 Å². The summed E-state index contributed by atoms with van der Waals surface area (Å²) in [5, 5.41) is 0. The highest BCUT2D eigenvalue weighted by Crippen LogP contribution is 2.21. The summed E-state index contributed by atoms with van der Waals surface area (Å²) in [6, 6.07) is 7.92. The van der Waals surface area contributed by atoms with E-state index in [9.17, 15) is 9.59 Å². The Labute approximate surface area is 133 Å². The van der Waals surface area contributed by atoms with Crippen molar-refractivity contribution in [3.63, 3.8) is 0 Å². The van der Waals surface area contributed by atoms with Crippen LogP contribution in [0.2, 0.25) is 0 Å². The van der Waals surface area contributed by atoms with E-state index in [2.05, 4.69) is 13.8 Å². The molecule has 120 valence electrons. The van der Waals surface area contributed by atoms with Crippen molar-refractivity contribution in [2.75, 3.05) is 24.5 Å². The number of nitrogens with zero attached hydrogens (tertiary/aromatic N) is 2. The molecule has 4 nitrogen and oxygen atoms in total. The van der Waals surface area contributed by atoms with Crippen molar-refractivity contribution < 1.29 is 9.59 Å². The molecule has 2 amide bonds. The zero-order valence-corrected chi connectivity index (χ0v) is 13.8. The van der Waals surface area contributed by atoms with E-state index in [1.807, 2.05) is 29.2 Å². The molecular weight excluding hydrogens is 276 g/mol. The SMILES string of the molecule is CC(=O)N(CC(=O)N1CCCCC1)c1ccc(C(C)C)cc1. The quantitative estimate of drug-likeness (QED) is 0.857. The Bertz CT molecular complexity index is 516. The molecule has 0 aromatic heterocycles. The molecule has 2 rings (SSSR count). The molecule has 0 atom stereocenters. The summed E-state index contributed by atoms with van der Waals surface area (Å²) >= 11 is 0. The summed E-state index contributed by atoms with van der Waals surface area (Å²) in [6.07, 6.45) is 3.32. The van der Waals surface area contributed by atoms with Crippen LogP contribution in [-0.2, 0) is 9.59 Å². The van der Waals surface area contributed by atoms with Crippen LogP contribution in [-0.4, -0.2) is 36.3 Å². The molecular formula is C18H26N2O2. The average Bonchev–Trinajstić information content (AvgIpc) is 2.53. The van der Waals surface area contributed by atoms with Gasteiger partial charge in [0.2, 0.25) is 11.8 Å². The van der Waals surface area contributed by atoms with Gasteiger partial charge in [0.25, 0.3) is 0 Å². The van der Waals surface area contributed by atoms with Crippen molar-refractivity contribution in [1.29, 1.82) is 0 Å². The molecule has 0 aliphatic carbocycles. The lowest BCUT2D eigenvalue weighted by atomic mass is 10.0. The Morgan fingerprint density at radius 1 is 1.09 bits per heavy atom. The van der Waals surface area contributed by atoms with Crippen molar-refractivity contribution in [1.82, 2.24) is 4.90 Å². The third-order valence-electron chi connectivity index (χ3n) is 4.25. The molecule has 1 aliphatic heterocycles. The minimum atomic E-state index is -0.0948. The first kappa shape index (κ1) is 16.5. The van der Waals surface area contributed by atoms with E-state index >= 15 is 0 Å². The first-order valence-electron chi connectivity index (χ1n) is 8.15. The predicted molar refractivity (Wildman–Crippen MR) is 89.0 cm³/mol. The van der Waals surface area contributed by atoms with Gasteiger partial charge in [-0.05, 0) is 42.9 Å². The molecule has 1 heterocycles. The summed E-state index contributed by atoms with van der Waals surface area (Å²) in [6.45, 7) is 7.55. The zero-order valence-electron chi connectivity index (χ0n) is 13.8. The molecule has 1 saturated heterocycles. The van der Waals surface area contributed by atoms with Crippen LogP contribution in [0, 0.1) is 0 Å². The normalized spacial score (nSPS) is 15.0. The van der Waals surface area contributed by atoms with Crippen molar-refractivity contribution in [2.45, 2.75) is 46.0 Å². The van der Waals surface area contributed by atoms with Crippen LogP contribution < -0.4 is 4.90 Å². The van der Waals surface area contributed by atoms with Crippen LogP contribution in [0.3, 0.4) is 0 Å². The van der Waals surface area contributed by atoms with E-state index in [0.29, 0.717) is 5.92 Å². The van der Waals surface area contributed by atoms with Gasteiger partial charge in [-0.25, -0.2) is 0 Å². The van der Waals surface area contributed by atoms with Gasteiger partial charge in [0.15, 0.2) is 0 Å². The van der Waals surface area contributed by atoms with Crippen LogP contribution >= 0.6 is 0 Å².